The second kappa shape index (κ2) is 4.92. The first-order valence-electron chi connectivity index (χ1n) is 3.66. The highest BCUT2D eigenvalue weighted by Gasteiger charge is 2.58. The second-order valence-electron chi connectivity index (χ2n) is 2.64. The highest BCUT2D eigenvalue weighted by atomic mass is 19.4. The molecule has 0 spiro atoms. The van der Waals surface area contributed by atoms with Gasteiger partial charge in [-0.25, -0.2) is 4.79 Å². The highest BCUT2D eigenvalue weighted by molar-refractivity contribution is 5.59. The first-order valence-corrected chi connectivity index (χ1v) is 3.66. The maximum absolute atomic E-state index is 12.1. The van der Waals surface area contributed by atoms with Gasteiger partial charge in [-0.05, 0) is 0 Å². The molecule has 17 heavy (non-hydrogen) atoms. The second-order valence-corrected chi connectivity index (χ2v) is 2.64. The molecule has 0 fully saturated rings. The van der Waals surface area contributed by atoms with Gasteiger partial charge in [-0.15, -0.1) is 0 Å². The van der Waals surface area contributed by atoms with Crippen molar-refractivity contribution in [2.45, 2.75) is 18.3 Å². The maximum Gasteiger partial charge on any atom is 0.508 e. The van der Waals surface area contributed by atoms with E-state index in [2.05, 4.69) is 9.47 Å². The van der Waals surface area contributed by atoms with Crippen molar-refractivity contribution in [1.82, 2.24) is 0 Å². The Bertz CT molecular complexity index is 267. The lowest BCUT2D eigenvalue weighted by Gasteiger charge is -2.18. The lowest BCUT2D eigenvalue weighted by atomic mass is 10.3. The van der Waals surface area contributed by atoms with Gasteiger partial charge in [-0.1, -0.05) is 0 Å². The Labute approximate surface area is 88.3 Å². The standard InChI is InChI=1S/C6H4F8O3/c7-4(8,6(12,13)14)1-16-3(15)17-2-5(9,10)11/h1-2H2. The van der Waals surface area contributed by atoms with Gasteiger partial charge in [0, 0.05) is 0 Å². The number of carbonyl (C=O) groups excluding carboxylic acids is 1. The summed E-state index contributed by atoms with van der Waals surface area (Å²) in [6.45, 7) is -4.60. The Morgan fingerprint density at radius 1 is 0.824 bits per heavy atom. The summed E-state index contributed by atoms with van der Waals surface area (Å²) < 4.78 is 99.3. The van der Waals surface area contributed by atoms with E-state index < -0.39 is 37.6 Å². The van der Waals surface area contributed by atoms with E-state index >= 15 is 0 Å². The molecule has 0 heterocycles. The van der Waals surface area contributed by atoms with Crippen molar-refractivity contribution < 1.29 is 49.4 Å². The zero-order valence-electron chi connectivity index (χ0n) is 7.66. The van der Waals surface area contributed by atoms with Gasteiger partial charge in [0.2, 0.25) is 0 Å². The van der Waals surface area contributed by atoms with Crippen LogP contribution >= 0.6 is 0 Å². The molecule has 0 aliphatic carbocycles. The molecule has 0 radical (unpaired) electrons. The van der Waals surface area contributed by atoms with Crippen molar-refractivity contribution in [3.63, 3.8) is 0 Å². The summed E-state index contributed by atoms with van der Waals surface area (Å²) in [4.78, 5) is 10.2. The van der Waals surface area contributed by atoms with Crippen molar-refractivity contribution in [3.8, 4) is 0 Å². The predicted molar refractivity (Wildman–Crippen MR) is 34.4 cm³/mol. The third-order valence-corrected chi connectivity index (χ3v) is 1.14. The Kier molecular flexibility index (Phi) is 4.55. The van der Waals surface area contributed by atoms with Gasteiger partial charge in [0.15, 0.2) is 13.2 Å². The molecule has 0 aliphatic rings. The van der Waals surface area contributed by atoms with Crippen molar-refractivity contribution in [3.05, 3.63) is 0 Å². The summed E-state index contributed by atoms with van der Waals surface area (Å²) in [5.74, 6) is -5.36. The number of hydrogen-bond acceptors (Lipinski definition) is 3. The molecule has 0 unspecified atom stereocenters. The van der Waals surface area contributed by atoms with Crippen LogP contribution in [0.2, 0.25) is 0 Å². The van der Waals surface area contributed by atoms with Gasteiger partial charge in [-0.3, -0.25) is 0 Å². The van der Waals surface area contributed by atoms with Gasteiger partial charge >= 0.3 is 24.4 Å². The monoisotopic (exact) mass is 276 g/mol. The van der Waals surface area contributed by atoms with E-state index in [0.717, 1.165) is 0 Å². The van der Waals surface area contributed by atoms with Crippen LogP contribution in [0.5, 0.6) is 0 Å². The average molecular weight is 276 g/mol. The lowest BCUT2D eigenvalue weighted by molar-refractivity contribution is -0.293. The molecule has 11 heteroatoms. The molecule has 102 valence electrons. The van der Waals surface area contributed by atoms with Crippen LogP contribution in [0.15, 0.2) is 0 Å². The first-order chi connectivity index (χ1) is 7.35. The van der Waals surface area contributed by atoms with E-state index in [9.17, 15) is 39.9 Å². The number of hydrogen-bond donors (Lipinski definition) is 0. The number of ether oxygens (including phenoxy) is 2. The minimum absolute atomic E-state index is 2.15. The quantitative estimate of drug-likeness (QED) is 0.587. The van der Waals surface area contributed by atoms with E-state index in [1.807, 2.05) is 0 Å². The maximum atomic E-state index is 12.1. The van der Waals surface area contributed by atoms with Crippen molar-refractivity contribution in [1.29, 1.82) is 0 Å². The molecule has 0 N–H and O–H groups in total. The molecule has 0 aromatic rings. The van der Waals surface area contributed by atoms with Crippen LogP contribution in [-0.4, -0.2) is 37.6 Å². The first kappa shape index (κ1) is 15.7. The zero-order chi connectivity index (χ0) is 13.9. The van der Waals surface area contributed by atoms with Crippen molar-refractivity contribution in [2.75, 3.05) is 13.2 Å². The fourth-order valence-electron chi connectivity index (χ4n) is 0.414. The molecule has 0 bridgehead atoms. The normalized spacial score (nSPS) is 13.4. The topological polar surface area (TPSA) is 35.5 Å². The number of carbonyl (C=O) groups is 1. The van der Waals surface area contributed by atoms with Crippen LogP contribution in [0.3, 0.4) is 0 Å². The molecule has 0 amide bonds. The van der Waals surface area contributed by atoms with Crippen molar-refractivity contribution >= 4 is 6.16 Å². The minimum atomic E-state index is -5.97. The molecule has 3 nitrogen and oxygen atoms in total. The molecular formula is C6H4F8O3. The summed E-state index contributed by atoms with van der Waals surface area (Å²) in [6, 6.07) is 0. The van der Waals surface area contributed by atoms with Gasteiger partial charge in [0.1, 0.15) is 0 Å². The van der Waals surface area contributed by atoms with Crippen LogP contribution in [0, 0.1) is 0 Å². The van der Waals surface area contributed by atoms with Crippen molar-refractivity contribution in [2.24, 2.45) is 0 Å². The highest BCUT2D eigenvalue weighted by Crippen LogP contribution is 2.35. The SMILES string of the molecule is O=C(OCC(F)(F)F)OCC(F)(F)C(F)(F)F. The molecule has 0 rings (SSSR count). The third kappa shape index (κ3) is 6.12. The van der Waals surface area contributed by atoms with Gasteiger partial charge in [0.25, 0.3) is 0 Å². The fourth-order valence-corrected chi connectivity index (χ4v) is 0.414. The van der Waals surface area contributed by atoms with E-state index in [1.54, 1.807) is 0 Å². The molecule has 0 aromatic carbocycles. The third-order valence-electron chi connectivity index (χ3n) is 1.14. The van der Waals surface area contributed by atoms with Gasteiger partial charge in [-0.2, -0.15) is 35.1 Å². The van der Waals surface area contributed by atoms with Crippen LogP contribution in [0.4, 0.5) is 39.9 Å². The molecule has 0 aromatic heterocycles. The summed E-state index contributed by atoms with van der Waals surface area (Å²) >= 11 is 0. The van der Waals surface area contributed by atoms with Crippen LogP contribution in [0.25, 0.3) is 0 Å². The Morgan fingerprint density at radius 2 is 1.24 bits per heavy atom. The molecule has 0 saturated heterocycles. The molecular weight excluding hydrogens is 272 g/mol. The Morgan fingerprint density at radius 3 is 1.59 bits per heavy atom. The Balaban J connectivity index is 4.09. The minimum Gasteiger partial charge on any atom is -0.427 e. The number of rotatable bonds is 3. The molecule has 0 aliphatic heterocycles. The molecule has 0 atom stereocenters. The number of halogens is 8. The predicted octanol–water partition coefficient (Wildman–Crippen LogP) is 2.90. The summed E-state index contributed by atoms with van der Waals surface area (Å²) in [5.41, 5.74) is 0. The largest absolute Gasteiger partial charge is 0.508 e. The fraction of sp³-hybridized carbons (Fsp3) is 0.833. The summed E-state index contributed by atoms with van der Waals surface area (Å²) in [5, 5.41) is 0. The van der Waals surface area contributed by atoms with E-state index in [4.69, 9.17) is 0 Å². The summed E-state index contributed by atoms with van der Waals surface area (Å²) in [7, 11) is 0. The summed E-state index contributed by atoms with van der Waals surface area (Å²) in [6.07, 6.45) is -13.2. The van der Waals surface area contributed by atoms with Gasteiger partial charge in [0.05, 0.1) is 0 Å². The number of alkyl halides is 8. The van der Waals surface area contributed by atoms with E-state index in [0.29, 0.717) is 0 Å². The smallest absolute Gasteiger partial charge is 0.427 e. The van der Waals surface area contributed by atoms with Gasteiger partial charge < -0.3 is 9.47 Å². The van der Waals surface area contributed by atoms with Crippen LogP contribution in [0.1, 0.15) is 0 Å². The zero-order valence-corrected chi connectivity index (χ0v) is 7.66. The Hall–Kier alpha value is -1.29. The average Bonchev–Trinajstić information content (AvgIpc) is 2.08. The van der Waals surface area contributed by atoms with Crippen LogP contribution in [-0.2, 0) is 9.47 Å². The van der Waals surface area contributed by atoms with Crippen LogP contribution < -0.4 is 0 Å². The molecule has 0 saturated carbocycles. The lowest BCUT2D eigenvalue weighted by Crippen LogP contribution is -2.41. The van der Waals surface area contributed by atoms with E-state index in [-0.39, 0.29) is 0 Å². The van der Waals surface area contributed by atoms with E-state index in [1.165, 1.54) is 0 Å².